The molecule has 1 fully saturated rings. The first-order valence-corrected chi connectivity index (χ1v) is 6.77. The standard InChI is InChI=1S/C14H17ClN2O2/c1-3-12-13(18)16-6-7-17(12)14(19)11-5-4-10(15)8-9(11)2/h4-5,8,12H,3,6-7H2,1-2H3,(H,16,18). The molecule has 2 rings (SSSR count). The van der Waals surface area contributed by atoms with Crippen LogP contribution in [0, 0.1) is 6.92 Å². The highest BCUT2D eigenvalue weighted by molar-refractivity contribution is 6.30. The molecule has 1 atom stereocenters. The van der Waals surface area contributed by atoms with Gasteiger partial charge < -0.3 is 10.2 Å². The lowest BCUT2D eigenvalue weighted by Gasteiger charge is -2.34. The average molecular weight is 281 g/mol. The number of nitrogens with one attached hydrogen (secondary N) is 1. The Hall–Kier alpha value is -1.55. The number of hydrogen-bond acceptors (Lipinski definition) is 2. The number of benzene rings is 1. The van der Waals surface area contributed by atoms with Gasteiger partial charge >= 0.3 is 0 Å². The number of amides is 2. The van der Waals surface area contributed by atoms with Gasteiger partial charge in [0.05, 0.1) is 0 Å². The maximum absolute atomic E-state index is 12.5. The smallest absolute Gasteiger partial charge is 0.254 e. The third-order valence-electron chi connectivity index (χ3n) is 3.40. The van der Waals surface area contributed by atoms with Gasteiger partial charge in [-0.1, -0.05) is 18.5 Å². The molecular weight excluding hydrogens is 264 g/mol. The quantitative estimate of drug-likeness (QED) is 0.901. The molecular formula is C14H17ClN2O2. The van der Waals surface area contributed by atoms with E-state index < -0.39 is 0 Å². The fourth-order valence-electron chi connectivity index (χ4n) is 2.39. The molecule has 1 N–H and O–H groups in total. The third-order valence-corrected chi connectivity index (χ3v) is 3.63. The van der Waals surface area contributed by atoms with Gasteiger partial charge in [-0.05, 0) is 37.1 Å². The van der Waals surface area contributed by atoms with Crippen LogP contribution < -0.4 is 5.32 Å². The number of halogens is 1. The van der Waals surface area contributed by atoms with Gasteiger partial charge in [-0.25, -0.2) is 0 Å². The minimum absolute atomic E-state index is 0.0753. The first kappa shape index (κ1) is 13.9. The summed E-state index contributed by atoms with van der Waals surface area (Å²) in [5.41, 5.74) is 1.44. The molecule has 1 unspecified atom stereocenters. The van der Waals surface area contributed by atoms with E-state index >= 15 is 0 Å². The number of carbonyl (C=O) groups excluding carboxylic acids is 2. The summed E-state index contributed by atoms with van der Waals surface area (Å²) < 4.78 is 0. The number of nitrogens with zero attached hydrogens (tertiary/aromatic N) is 1. The summed E-state index contributed by atoms with van der Waals surface area (Å²) >= 11 is 5.90. The Kier molecular flexibility index (Phi) is 4.10. The number of rotatable bonds is 2. The Morgan fingerprint density at radius 1 is 1.53 bits per heavy atom. The summed E-state index contributed by atoms with van der Waals surface area (Å²) in [5, 5.41) is 3.40. The van der Waals surface area contributed by atoms with E-state index in [2.05, 4.69) is 5.32 Å². The molecule has 0 aromatic heterocycles. The number of aryl methyl sites for hydroxylation is 1. The highest BCUT2D eigenvalue weighted by Gasteiger charge is 2.32. The number of piperazine rings is 1. The molecule has 4 nitrogen and oxygen atoms in total. The predicted octanol–water partition coefficient (Wildman–Crippen LogP) is 2.00. The molecule has 5 heteroatoms. The molecule has 1 aliphatic rings. The van der Waals surface area contributed by atoms with Gasteiger partial charge in [0.15, 0.2) is 0 Å². The van der Waals surface area contributed by atoms with Crippen LogP contribution in [0.25, 0.3) is 0 Å². The summed E-state index contributed by atoms with van der Waals surface area (Å²) in [6.45, 7) is 4.81. The Morgan fingerprint density at radius 2 is 2.26 bits per heavy atom. The Labute approximate surface area is 117 Å². The average Bonchev–Trinajstić information content (AvgIpc) is 2.37. The minimum atomic E-state index is -0.378. The lowest BCUT2D eigenvalue weighted by Crippen LogP contribution is -2.57. The second-order valence-corrected chi connectivity index (χ2v) is 5.11. The Bertz CT molecular complexity index is 516. The summed E-state index contributed by atoms with van der Waals surface area (Å²) in [5.74, 6) is -0.176. The largest absolute Gasteiger partial charge is 0.353 e. The summed E-state index contributed by atoms with van der Waals surface area (Å²) in [7, 11) is 0. The van der Waals surface area contributed by atoms with E-state index in [9.17, 15) is 9.59 Å². The van der Waals surface area contributed by atoms with E-state index in [1.807, 2.05) is 13.8 Å². The molecule has 1 saturated heterocycles. The van der Waals surface area contributed by atoms with Crippen molar-refractivity contribution in [3.63, 3.8) is 0 Å². The van der Waals surface area contributed by atoms with Crippen molar-refractivity contribution < 1.29 is 9.59 Å². The molecule has 1 aromatic rings. The molecule has 0 radical (unpaired) electrons. The Morgan fingerprint density at radius 3 is 2.89 bits per heavy atom. The van der Waals surface area contributed by atoms with Gasteiger partial charge in [0.25, 0.3) is 5.91 Å². The van der Waals surface area contributed by atoms with Crippen LogP contribution in [0.15, 0.2) is 18.2 Å². The van der Waals surface area contributed by atoms with Crippen LogP contribution in [0.4, 0.5) is 0 Å². The van der Waals surface area contributed by atoms with Gasteiger partial charge in [0, 0.05) is 23.7 Å². The Balaban J connectivity index is 2.29. The van der Waals surface area contributed by atoms with E-state index in [4.69, 9.17) is 11.6 Å². The van der Waals surface area contributed by atoms with Crippen LogP contribution in [-0.4, -0.2) is 35.8 Å². The predicted molar refractivity (Wildman–Crippen MR) is 74.3 cm³/mol. The zero-order valence-corrected chi connectivity index (χ0v) is 11.8. The van der Waals surface area contributed by atoms with Crippen LogP contribution in [-0.2, 0) is 4.79 Å². The van der Waals surface area contributed by atoms with E-state index in [-0.39, 0.29) is 17.9 Å². The molecule has 0 saturated carbocycles. The highest BCUT2D eigenvalue weighted by Crippen LogP contribution is 2.19. The fraction of sp³-hybridized carbons (Fsp3) is 0.429. The van der Waals surface area contributed by atoms with Crippen molar-refractivity contribution in [1.29, 1.82) is 0 Å². The van der Waals surface area contributed by atoms with Crippen LogP contribution in [0.1, 0.15) is 29.3 Å². The van der Waals surface area contributed by atoms with E-state index in [0.29, 0.717) is 30.1 Å². The molecule has 1 heterocycles. The van der Waals surface area contributed by atoms with Gasteiger partial charge in [0.1, 0.15) is 6.04 Å². The van der Waals surface area contributed by atoms with Crippen molar-refractivity contribution in [3.05, 3.63) is 34.3 Å². The summed E-state index contributed by atoms with van der Waals surface area (Å²) in [6, 6.07) is 4.81. The lowest BCUT2D eigenvalue weighted by molar-refractivity contribution is -0.127. The normalized spacial score (nSPS) is 19.2. The van der Waals surface area contributed by atoms with Gasteiger partial charge in [-0.3, -0.25) is 9.59 Å². The molecule has 19 heavy (non-hydrogen) atoms. The first-order chi connectivity index (χ1) is 9.04. The van der Waals surface area contributed by atoms with E-state index in [1.54, 1.807) is 23.1 Å². The van der Waals surface area contributed by atoms with Crippen LogP contribution in [0.2, 0.25) is 5.02 Å². The molecule has 1 aliphatic heterocycles. The van der Waals surface area contributed by atoms with Crippen molar-refractivity contribution in [3.8, 4) is 0 Å². The fourth-order valence-corrected chi connectivity index (χ4v) is 2.61. The first-order valence-electron chi connectivity index (χ1n) is 6.39. The topological polar surface area (TPSA) is 49.4 Å². The maximum atomic E-state index is 12.5. The van der Waals surface area contributed by atoms with Crippen molar-refractivity contribution in [2.45, 2.75) is 26.3 Å². The number of carbonyl (C=O) groups is 2. The van der Waals surface area contributed by atoms with Gasteiger partial charge in [-0.15, -0.1) is 0 Å². The van der Waals surface area contributed by atoms with E-state index in [1.165, 1.54) is 0 Å². The van der Waals surface area contributed by atoms with Crippen molar-refractivity contribution in [2.24, 2.45) is 0 Å². The second-order valence-electron chi connectivity index (χ2n) is 4.67. The zero-order chi connectivity index (χ0) is 14.0. The maximum Gasteiger partial charge on any atom is 0.254 e. The summed E-state index contributed by atoms with van der Waals surface area (Å²) in [4.78, 5) is 26.0. The van der Waals surface area contributed by atoms with Crippen molar-refractivity contribution in [1.82, 2.24) is 10.2 Å². The molecule has 1 aromatic carbocycles. The van der Waals surface area contributed by atoms with Gasteiger partial charge in [0.2, 0.25) is 5.91 Å². The summed E-state index contributed by atoms with van der Waals surface area (Å²) in [6.07, 6.45) is 0.615. The molecule has 0 bridgehead atoms. The van der Waals surface area contributed by atoms with Crippen LogP contribution >= 0.6 is 11.6 Å². The SMILES string of the molecule is CCC1C(=O)NCCN1C(=O)c1ccc(Cl)cc1C. The zero-order valence-electron chi connectivity index (χ0n) is 11.1. The molecule has 0 spiro atoms. The van der Waals surface area contributed by atoms with Crippen LogP contribution in [0.3, 0.4) is 0 Å². The lowest BCUT2D eigenvalue weighted by atomic mass is 10.0. The highest BCUT2D eigenvalue weighted by atomic mass is 35.5. The second kappa shape index (κ2) is 5.61. The van der Waals surface area contributed by atoms with Crippen molar-refractivity contribution in [2.75, 3.05) is 13.1 Å². The van der Waals surface area contributed by atoms with Crippen molar-refractivity contribution >= 4 is 23.4 Å². The molecule has 102 valence electrons. The third kappa shape index (κ3) is 2.73. The van der Waals surface area contributed by atoms with Crippen LogP contribution in [0.5, 0.6) is 0 Å². The molecule has 0 aliphatic carbocycles. The van der Waals surface area contributed by atoms with Gasteiger partial charge in [-0.2, -0.15) is 0 Å². The number of hydrogen-bond donors (Lipinski definition) is 1. The monoisotopic (exact) mass is 280 g/mol. The minimum Gasteiger partial charge on any atom is -0.353 e. The molecule has 2 amide bonds. The van der Waals surface area contributed by atoms with E-state index in [0.717, 1.165) is 5.56 Å².